The molecular weight excluding hydrogens is 338 g/mol. The van der Waals surface area contributed by atoms with Gasteiger partial charge in [0.15, 0.2) is 0 Å². The zero-order valence-electron chi connectivity index (χ0n) is 14.3. The Morgan fingerprint density at radius 2 is 2.12 bits per heavy atom. The molecule has 1 saturated carbocycles. The van der Waals surface area contributed by atoms with Crippen molar-refractivity contribution < 1.29 is 0 Å². The normalized spacial score (nSPS) is 37.5. The summed E-state index contributed by atoms with van der Waals surface area (Å²) in [5.41, 5.74) is 3.09. The molecule has 3 atom stereocenters. The predicted molar refractivity (Wildman–Crippen MR) is 105 cm³/mol. The summed E-state index contributed by atoms with van der Waals surface area (Å²) < 4.78 is 0. The van der Waals surface area contributed by atoms with Gasteiger partial charge in [0.1, 0.15) is 0 Å². The van der Waals surface area contributed by atoms with Gasteiger partial charge in [-0.3, -0.25) is 9.89 Å². The van der Waals surface area contributed by atoms with E-state index in [-0.39, 0.29) is 0 Å². The smallest absolute Gasteiger partial charge is 0.0844 e. The number of nitrogens with zero attached hydrogens (tertiary/aromatic N) is 2. The van der Waals surface area contributed by atoms with Crippen molar-refractivity contribution in [3.05, 3.63) is 22.8 Å². The number of allylic oxidation sites excluding steroid dienone is 3. The van der Waals surface area contributed by atoms with Crippen molar-refractivity contribution in [2.75, 3.05) is 37.8 Å². The van der Waals surface area contributed by atoms with Crippen molar-refractivity contribution in [3.63, 3.8) is 0 Å². The Kier molecular flexibility index (Phi) is 5.67. The first-order chi connectivity index (χ1) is 11.8. The average Bonchev–Trinajstić information content (AvgIpc) is 2.72. The lowest BCUT2D eigenvalue weighted by molar-refractivity contribution is 0.178. The first-order valence-corrected chi connectivity index (χ1v) is 11.0. The number of halogens is 1. The molecule has 4 rings (SSSR count). The van der Waals surface area contributed by atoms with Crippen molar-refractivity contribution in [2.24, 2.45) is 16.8 Å². The van der Waals surface area contributed by atoms with Crippen molar-refractivity contribution in [1.29, 1.82) is 0 Å². The van der Waals surface area contributed by atoms with E-state index in [9.17, 15) is 0 Å². The molecule has 0 aromatic rings. The van der Waals surface area contributed by atoms with Gasteiger partial charge in [0.2, 0.25) is 0 Å². The van der Waals surface area contributed by atoms with Crippen LogP contribution in [0.25, 0.3) is 0 Å². The Morgan fingerprint density at radius 3 is 3.00 bits per heavy atom. The third-order valence-corrected chi connectivity index (χ3v) is 7.13. The minimum atomic E-state index is 0.491. The highest BCUT2D eigenvalue weighted by molar-refractivity contribution is 7.99. The van der Waals surface area contributed by atoms with Crippen molar-refractivity contribution in [1.82, 2.24) is 10.2 Å². The SMILES string of the molecule is ClC1=CCC2C(=C1)CCC1CCCSC/N=C\1C2N1CCNCC1. The average molecular weight is 366 g/mol. The van der Waals surface area contributed by atoms with Gasteiger partial charge in [-0.05, 0) is 49.9 Å². The molecule has 24 heavy (non-hydrogen) atoms. The quantitative estimate of drug-likeness (QED) is 0.768. The summed E-state index contributed by atoms with van der Waals surface area (Å²) in [5.74, 6) is 3.48. The van der Waals surface area contributed by atoms with Crippen LogP contribution in [-0.2, 0) is 0 Å². The summed E-state index contributed by atoms with van der Waals surface area (Å²) in [6.45, 7) is 4.49. The number of hydrogen-bond acceptors (Lipinski definition) is 4. The first-order valence-electron chi connectivity index (χ1n) is 9.46. The molecule has 0 amide bonds. The lowest BCUT2D eigenvalue weighted by Gasteiger charge is -2.41. The molecule has 1 saturated heterocycles. The topological polar surface area (TPSA) is 27.6 Å². The number of aliphatic imine (C=N–C) groups is 1. The van der Waals surface area contributed by atoms with Crippen LogP contribution in [-0.4, -0.2) is 54.5 Å². The molecular formula is C19H28ClN3S. The fourth-order valence-electron chi connectivity index (χ4n) is 4.79. The van der Waals surface area contributed by atoms with E-state index >= 15 is 0 Å². The van der Waals surface area contributed by atoms with Gasteiger partial charge in [-0.25, -0.2) is 0 Å². The van der Waals surface area contributed by atoms with Crippen LogP contribution in [0.2, 0.25) is 0 Å². The third kappa shape index (κ3) is 3.62. The largest absolute Gasteiger partial charge is 0.314 e. The molecule has 5 heteroatoms. The Morgan fingerprint density at radius 1 is 1.25 bits per heavy atom. The van der Waals surface area contributed by atoms with Gasteiger partial charge >= 0.3 is 0 Å². The highest BCUT2D eigenvalue weighted by atomic mass is 35.5. The maximum atomic E-state index is 6.36. The molecule has 2 fully saturated rings. The van der Waals surface area contributed by atoms with Crippen LogP contribution in [0.4, 0.5) is 0 Å². The Balaban J connectivity index is 1.70. The van der Waals surface area contributed by atoms with Gasteiger partial charge in [-0.2, -0.15) is 0 Å². The van der Waals surface area contributed by atoms with Gasteiger partial charge in [0, 0.05) is 42.8 Å². The standard InChI is InChI=1S/C19H28ClN3S/c20-16-5-6-17-15(12-16)4-3-14-2-1-11-24-13-22-18(14)19(17)23-9-7-21-8-10-23/h5,12,14,17,19,21H,1-4,6-11,13H2/b22-18+. The van der Waals surface area contributed by atoms with Gasteiger partial charge in [-0.1, -0.05) is 23.3 Å². The molecule has 4 aliphatic rings. The lowest BCUT2D eigenvalue weighted by Crippen LogP contribution is -2.55. The summed E-state index contributed by atoms with van der Waals surface area (Å²) in [5, 5.41) is 4.45. The summed E-state index contributed by atoms with van der Waals surface area (Å²) in [4.78, 5) is 7.88. The Hall–Kier alpha value is -0.290. The molecule has 3 nitrogen and oxygen atoms in total. The molecule has 2 aliphatic carbocycles. The first kappa shape index (κ1) is 17.1. The van der Waals surface area contributed by atoms with E-state index < -0.39 is 0 Å². The lowest BCUT2D eigenvalue weighted by atomic mass is 9.81. The van der Waals surface area contributed by atoms with E-state index in [1.165, 1.54) is 37.1 Å². The summed E-state index contributed by atoms with van der Waals surface area (Å²) in [7, 11) is 0. The zero-order chi connectivity index (χ0) is 16.4. The van der Waals surface area contributed by atoms with Crippen LogP contribution in [0.3, 0.4) is 0 Å². The van der Waals surface area contributed by atoms with E-state index in [4.69, 9.17) is 16.6 Å². The maximum Gasteiger partial charge on any atom is 0.0844 e. The number of piperazine rings is 1. The van der Waals surface area contributed by atoms with E-state index in [1.54, 1.807) is 5.57 Å². The third-order valence-electron chi connectivity index (χ3n) is 5.97. The second-order valence-corrected chi connectivity index (χ2v) is 8.89. The molecule has 1 N–H and O–H groups in total. The minimum Gasteiger partial charge on any atom is -0.314 e. The van der Waals surface area contributed by atoms with Gasteiger partial charge in [0.25, 0.3) is 0 Å². The summed E-state index contributed by atoms with van der Waals surface area (Å²) in [6, 6.07) is 0.491. The fourth-order valence-corrected chi connectivity index (χ4v) is 5.76. The van der Waals surface area contributed by atoms with E-state index in [0.29, 0.717) is 17.9 Å². The number of fused-ring (bicyclic) bond motifs is 2. The van der Waals surface area contributed by atoms with Crippen molar-refractivity contribution >= 4 is 29.1 Å². The number of thioether (sulfide) groups is 1. The second-order valence-electron chi connectivity index (χ2n) is 7.38. The van der Waals surface area contributed by atoms with E-state index in [0.717, 1.165) is 43.5 Å². The highest BCUT2D eigenvalue weighted by Gasteiger charge is 2.40. The van der Waals surface area contributed by atoms with Crippen LogP contribution >= 0.6 is 23.4 Å². The van der Waals surface area contributed by atoms with Gasteiger partial charge in [0.05, 0.1) is 11.9 Å². The maximum absolute atomic E-state index is 6.36. The highest BCUT2D eigenvalue weighted by Crippen LogP contribution is 2.41. The van der Waals surface area contributed by atoms with Crippen molar-refractivity contribution in [3.8, 4) is 0 Å². The van der Waals surface area contributed by atoms with E-state index in [1.807, 2.05) is 11.8 Å². The summed E-state index contributed by atoms with van der Waals surface area (Å²) >= 11 is 8.36. The van der Waals surface area contributed by atoms with Crippen molar-refractivity contribution in [2.45, 2.75) is 38.1 Å². The van der Waals surface area contributed by atoms with Crippen LogP contribution in [0.15, 0.2) is 27.7 Å². The number of hydrogen-bond donors (Lipinski definition) is 1. The number of rotatable bonds is 1. The van der Waals surface area contributed by atoms with Gasteiger partial charge < -0.3 is 5.32 Å². The molecule has 132 valence electrons. The van der Waals surface area contributed by atoms with Crippen LogP contribution < -0.4 is 5.32 Å². The molecule has 0 aromatic carbocycles. The zero-order valence-corrected chi connectivity index (χ0v) is 15.9. The molecule has 2 heterocycles. The molecule has 0 radical (unpaired) electrons. The molecule has 0 bridgehead atoms. The molecule has 2 aliphatic heterocycles. The van der Waals surface area contributed by atoms with E-state index in [2.05, 4.69) is 22.4 Å². The fraction of sp³-hybridized carbons (Fsp3) is 0.737. The molecule has 0 spiro atoms. The van der Waals surface area contributed by atoms with Gasteiger partial charge in [-0.15, -0.1) is 11.8 Å². The molecule has 0 aromatic heterocycles. The predicted octanol–water partition coefficient (Wildman–Crippen LogP) is 3.66. The Bertz CT molecular complexity index is 551. The monoisotopic (exact) mass is 365 g/mol. The minimum absolute atomic E-state index is 0.491. The Labute approximate surface area is 155 Å². The van der Waals surface area contributed by atoms with Crippen LogP contribution in [0, 0.1) is 11.8 Å². The molecule has 3 unspecified atom stereocenters. The summed E-state index contributed by atoms with van der Waals surface area (Å²) in [6.07, 6.45) is 10.7. The van der Waals surface area contributed by atoms with Crippen LogP contribution in [0.5, 0.6) is 0 Å². The van der Waals surface area contributed by atoms with Crippen LogP contribution in [0.1, 0.15) is 32.1 Å². The number of nitrogens with one attached hydrogen (secondary N) is 1. The second kappa shape index (κ2) is 7.94.